The van der Waals surface area contributed by atoms with Gasteiger partial charge in [0.25, 0.3) is 0 Å². The quantitative estimate of drug-likeness (QED) is 0.671. The standard InChI is InChI=1S/C13H17NO3/c15-11-6-10-13(16,7-17-10)9-3-1-2-8-4-5-14(11)12(8)9/h6,8-9,12,16H,1-5,7H2/t8-,9?,12+,13-/m0/s1. The molecule has 3 fully saturated rings. The van der Waals surface area contributed by atoms with E-state index in [0.717, 1.165) is 19.4 Å². The molecule has 1 amide bonds. The number of carbonyl (C=O) groups excluding carboxylic acids is 1. The van der Waals surface area contributed by atoms with Gasteiger partial charge in [-0.15, -0.1) is 0 Å². The molecule has 0 bridgehead atoms. The Morgan fingerprint density at radius 3 is 3.06 bits per heavy atom. The van der Waals surface area contributed by atoms with Gasteiger partial charge in [0.15, 0.2) is 5.60 Å². The van der Waals surface area contributed by atoms with Gasteiger partial charge >= 0.3 is 0 Å². The summed E-state index contributed by atoms with van der Waals surface area (Å²) in [5.41, 5.74) is -0.849. The number of hydrogen-bond acceptors (Lipinski definition) is 3. The average molecular weight is 235 g/mol. The Bertz CT molecular complexity index is 419. The summed E-state index contributed by atoms with van der Waals surface area (Å²) in [6.07, 6.45) is 6.01. The van der Waals surface area contributed by atoms with Crippen LogP contribution >= 0.6 is 0 Å². The number of carbonyl (C=O) groups is 1. The molecule has 0 spiro atoms. The van der Waals surface area contributed by atoms with Crippen molar-refractivity contribution in [1.82, 2.24) is 4.90 Å². The Morgan fingerprint density at radius 1 is 1.41 bits per heavy atom. The van der Waals surface area contributed by atoms with Gasteiger partial charge in [-0.2, -0.15) is 0 Å². The van der Waals surface area contributed by atoms with E-state index in [2.05, 4.69) is 0 Å². The third kappa shape index (κ3) is 1.09. The normalized spacial score (nSPS) is 47.4. The molecule has 92 valence electrons. The lowest BCUT2D eigenvalue weighted by molar-refractivity contribution is -0.169. The average Bonchev–Trinajstić information content (AvgIpc) is 2.74. The van der Waals surface area contributed by atoms with Gasteiger partial charge in [-0.25, -0.2) is 0 Å². The van der Waals surface area contributed by atoms with Crippen LogP contribution in [0.2, 0.25) is 0 Å². The molecule has 4 heteroatoms. The molecular weight excluding hydrogens is 218 g/mol. The highest BCUT2D eigenvalue weighted by Crippen LogP contribution is 2.51. The van der Waals surface area contributed by atoms with E-state index >= 15 is 0 Å². The van der Waals surface area contributed by atoms with Gasteiger partial charge in [-0.05, 0) is 25.2 Å². The number of ether oxygens (including phenoxy) is 1. The predicted molar refractivity (Wildman–Crippen MR) is 59.9 cm³/mol. The van der Waals surface area contributed by atoms with Gasteiger partial charge < -0.3 is 14.7 Å². The van der Waals surface area contributed by atoms with Crippen molar-refractivity contribution in [2.45, 2.75) is 37.3 Å². The zero-order valence-electron chi connectivity index (χ0n) is 9.76. The second kappa shape index (κ2) is 3.05. The van der Waals surface area contributed by atoms with E-state index in [4.69, 9.17) is 4.74 Å². The number of hydrogen-bond donors (Lipinski definition) is 1. The maximum atomic E-state index is 12.1. The molecule has 0 aromatic rings. The van der Waals surface area contributed by atoms with Crippen molar-refractivity contribution in [3.63, 3.8) is 0 Å². The molecule has 1 aliphatic carbocycles. The van der Waals surface area contributed by atoms with Crippen LogP contribution in [0.4, 0.5) is 0 Å². The molecule has 4 nitrogen and oxygen atoms in total. The van der Waals surface area contributed by atoms with E-state index in [-0.39, 0.29) is 17.9 Å². The molecular formula is C13H17NO3. The second-order valence-electron chi connectivity index (χ2n) is 5.83. The van der Waals surface area contributed by atoms with Gasteiger partial charge in [0.1, 0.15) is 12.4 Å². The van der Waals surface area contributed by atoms with Crippen molar-refractivity contribution < 1.29 is 14.6 Å². The van der Waals surface area contributed by atoms with Crippen LogP contribution in [-0.4, -0.2) is 40.7 Å². The first kappa shape index (κ1) is 9.95. The predicted octanol–water partition coefficient (Wildman–Crippen LogP) is 0.662. The highest BCUT2D eigenvalue weighted by atomic mass is 16.5. The van der Waals surface area contributed by atoms with Gasteiger partial charge in [0, 0.05) is 24.6 Å². The van der Waals surface area contributed by atoms with Gasteiger partial charge in [0.05, 0.1) is 0 Å². The molecule has 0 aromatic carbocycles. The smallest absolute Gasteiger partial charge is 0.250 e. The summed E-state index contributed by atoms with van der Waals surface area (Å²) >= 11 is 0. The minimum Gasteiger partial charge on any atom is -0.491 e. The zero-order chi connectivity index (χ0) is 11.6. The molecule has 17 heavy (non-hydrogen) atoms. The van der Waals surface area contributed by atoms with E-state index in [0.29, 0.717) is 18.3 Å². The fourth-order valence-electron chi connectivity index (χ4n) is 4.24. The summed E-state index contributed by atoms with van der Waals surface area (Å²) in [4.78, 5) is 14.1. The van der Waals surface area contributed by atoms with Crippen molar-refractivity contribution in [3.05, 3.63) is 11.8 Å². The molecule has 4 atom stereocenters. The van der Waals surface area contributed by atoms with Crippen LogP contribution in [0.25, 0.3) is 0 Å². The van der Waals surface area contributed by atoms with Crippen LogP contribution in [0, 0.1) is 11.8 Å². The Kier molecular flexibility index (Phi) is 1.78. The van der Waals surface area contributed by atoms with Crippen molar-refractivity contribution in [2.24, 2.45) is 11.8 Å². The Hall–Kier alpha value is -1.03. The molecule has 2 saturated heterocycles. The monoisotopic (exact) mass is 235 g/mol. The number of amides is 1. The Labute approximate surface area is 100 Å². The molecule has 0 aromatic heterocycles. The first-order valence-electron chi connectivity index (χ1n) is 6.58. The van der Waals surface area contributed by atoms with E-state index in [9.17, 15) is 9.90 Å². The van der Waals surface area contributed by atoms with Gasteiger partial charge in [0.2, 0.25) is 5.91 Å². The summed E-state index contributed by atoms with van der Waals surface area (Å²) in [6, 6.07) is 0.249. The minimum atomic E-state index is -0.849. The van der Waals surface area contributed by atoms with E-state index in [1.165, 1.54) is 18.9 Å². The number of aliphatic hydroxyl groups is 1. The van der Waals surface area contributed by atoms with Crippen LogP contribution in [-0.2, 0) is 9.53 Å². The van der Waals surface area contributed by atoms with Gasteiger partial charge in [-0.3, -0.25) is 4.79 Å². The number of rotatable bonds is 0. The summed E-state index contributed by atoms with van der Waals surface area (Å²) in [6.45, 7) is 1.22. The minimum absolute atomic E-state index is 0.0371. The lowest BCUT2D eigenvalue weighted by Gasteiger charge is -2.49. The summed E-state index contributed by atoms with van der Waals surface area (Å²) in [7, 11) is 0. The summed E-state index contributed by atoms with van der Waals surface area (Å²) < 4.78 is 5.31. The maximum absolute atomic E-state index is 12.1. The van der Waals surface area contributed by atoms with E-state index in [1.54, 1.807) is 0 Å². The maximum Gasteiger partial charge on any atom is 0.250 e. The number of nitrogens with zero attached hydrogens (tertiary/aromatic N) is 1. The van der Waals surface area contributed by atoms with Crippen molar-refractivity contribution in [1.29, 1.82) is 0 Å². The second-order valence-corrected chi connectivity index (χ2v) is 5.83. The highest BCUT2D eigenvalue weighted by molar-refractivity contribution is 5.89. The molecule has 4 aliphatic rings. The fourth-order valence-corrected chi connectivity index (χ4v) is 4.24. The Morgan fingerprint density at radius 2 is 2.29 bits per heavy atom. The molecule has 3 heterocycles. The molecule has 0 radical (unpaired) electrons. The third-order valence-electron chi connectivity index (χ3n) is 5.11. The van der Waals surface area contributed by atoms with Crippen LogP contribution in [0.5, 0.6) is 0 Å². The first-order valence-corrected chi connectivity index (χ1v) is 6.58. The van der Waals surface area contributed by atoms with Crippen molar-refractivity contribution in [2.75, 3.05) is 13.2 Å². The van der Waals surface area contributed by atoms with Crippen molar-refractivity contribution in [3.8, 4) is 0 Å². The van der Waals surface area contributed by atoms with E-state index < -0.39 is 5.60 Å². The highest BCUT2D eigenvalue weighted by Gasteiger charge is 2.59. The first-order chi connectivity index (χ1) is 8.20. The van der Waals surface area contributed by atoms with E-state index in [1.807, 2.05) is 4.90 Å². The molecule has 4 rings (SSSR count). The molecule has 3 aliphatic heterocycles. The Balaban J connectivity index is 1.82. The zero-order valence-corrected chi connectivity index (χ0v) is 9.76. The van der Waals surface area contributed by atoms with Crippen LogP contribution in [0.1, 0.15) is 25.7 Å². The largest absolute Gasteiger partial charge is 0.491 e. The van der Waals surface area contributed by atoms with Gasteiger partial charge in [-0.1, -0.05) is 6.42 Å². The number of fused-ring (bicyclic) bond motifs is 2. The molecule has 1 unspecified atom stereocenters. The topological polar surface area (TPSA) is 49.8 Å². The molecule has 1 N–H and O–H groups in total. The summed E-state index contributed by atoms with van der Waals surface area (Å²) in [5, 5.41) is 10.7. The SMILES string of the molecule is O=C1C=C2OC[C@]2(O)C2CCC[C@H]3CCN1[C@@H]23. The van der Waals surface area contributed by atoms with Crippen LogP contribution in [0.3, 0.4) is 0 Å². The molecule has 1 saturated carbocycles. The van der Waals surface area contributed by atoms with Crippen LogP contribution in [0.15, 0.2) is 11.8 Å². The fraction of sp³-hybridized carbons (Fsp3) is 0.769. The van der Waals surface area contributed by atoms with Crippen molar-refractivity contribution >= 4 is 5.91 Å². The lowest BCUT2D eigenvalue weighted by atomic mass is 9.68. The third-order valence-corrected chi connectivity index (χ3v) is 5.11. The summed E-state index contributed by atoms with van der Waals surface area (Å²) in [5.74, 6) is 1.34. The van der Waals surface area contributed by atoms with Crippen LogP contribution < -0.4 is 0 Å². The lowest BCUT2D eigenvalue weighted by Crippen LogP contribution is -2.59.